The number of imidazole rings is 1. The number of benzene rings is 2. The van der Waals surface area contributed by atoms with Gasteiger partial charge >= 0.3 is 0 Å². The van der Waals surface area contributed by atoms with Crippen LogP contribution >= 0.6 is 0 Å². The number of fused-ring (bicyclic) bond motifs is 1. The molecule has 1 N–H and O–H groups in total. The van der Waals surface area contributed by atoms with Crippen LogP contribution in [0.2, 0.25) is 0 Å². The number of nitrogens with one attached hydrogen (secondary N) is 1. The largest absolute Gasteiger partial charge is 0.379 e. The molecule has 4 rings (SSSR count). The van der Waals surface area contributed by atoms with Crippen molar-refractivity contribution in [2.24, 2.45) is 0 Å². The van der Waals surface area contributed by atoms with Gasteiger partial charge < -0.3 is 9.88 Å². The third kappa shape index (κ3) is 3.83. The second-order valence-corrected chi connectivity index (χ2v) is 7.41. The summed E-state index contributed by atoms with van der Waals surface area (Å²) in [4.78, 5) is 8.79. The maximum Gasteiger partial charge on any atom is 0.105 e. The molecule has 0 saturated heterocycles. The Morgan fingerprint density at radius 3 is 2.66 bits per heavy atom. The molecule has 2 heterocycles. The van der Waals surface area contributed by atoms with E-state index in [-0.39, 0.29) is 0 Å². The molecule has 29 heavy (non-hydrogen) atoms. The summed E-state index contributed by atoms with van der Waals surface area (Å²) in [6.07, 6.45) is 5.47. The first-order valence-corrected chi connectivity index (χ1v) is 9.64. The Morgan fingerprint density at radius 1 is 1.07 bits per heavy atom. The van der Waals surface area contributed by atoms with Crippen LogP contribution in [0.3, 0.4) is 0 Å². The van der Waals surface area contributed by atoms with Crippen LogP contribution in [0.4, 0.5) is 5.69 Å². The quantitative estimate of drug-likeness (QED) is 0.534. The molecule has 0 atom stereocenters. The van der Waals surface area contributed by atoms with Gasteiger partial charge in [0.05, 0.1) is 16.8 Å². The van der Waals surface area contributed by atoms with Gasteiger partial charge in [-0.1, -0.05) is 35.9 Å². The van der Waals surface area contributed by atoms with Crippen molar-refractivity contribution in [2.75, 3.05) is 5.32 Å². The molecule has 0 bridgehead atoms. The van der Waals surface area contributed by atoms with Gasteiger partial charge in [0.25, 0.3) is 0 Å². The molecule has 0 saturated carbocycles. The summed E-state index contributed by atoms with van der Waals surface area (Å²) in [5.41, 5.74) is 7.00. The minimum atomic E-state index is 0.563. The van der Waals surface area contributed by atoms with E-state index in [1.54, 1.807) is 6.20 Å². The number of aromatic nitrogens is 3. The highest BCUT2D eigenvalue weighted by Gasteiger charge is 2.11. The minimum Gasteiger partial charge on any atom is -0.379 e. The van der Waals surface area contributed by atoms with Crippen molar-refractivity contribution in [3.05, 3.63) is 88.6 Å². The van der Waals surface area contributed by atoms with Crippen molar-refractivity contribution >= 4 is 16.6 Å². The second kappa shape index (κ2) is 7.76. The van der Waals surface area contributed by atoms with Crippen LogP contribution in [0.5, 0.6) is 0 Å². The summed E-state index contributed by atoms with van der Waals surface area (Å²) in [5.74, 6) is 1.00. The Balaban J connectivity index is 1.62. The van der Waals surface area contributed by atoms with E-state index in [2.05, 4.69) is 76.2 Å². The third-order valence-electron chi connectivity index (χ3n) is 5.16. The Morgan fingerprint density at radius 2 is 1.90 bits per heavy atom. The van der Waals surface area contributed by atoms with Gasteiger partial charge in [-0.3, -0.25) is 4.98 Å². The first-order valence-electron chi connectivity index (χ1n) is 9.64. The van der Waals surface area contributed by atoms with Crippen LogP contribution in [-0.2, 0) is 13.1 Å². The summed E-state index contributed by atoms with van der Waals surface area (Å²) in [6.45, 7) is 7.56. The fourth-order valence-corrected chi connectivity index (χ4v) is 3.73. The van der Waals surface area contributed by atoms with Crippen LogP contribution in [0.15, 0.2) is 55.0 Å². The highest BCUT2D eigenvalue weighted by atomic mass is 15.0. The van der Waals surface area contributed by atoms with E-state index in [0.717, 1.165) is 40.1 Å². The van der Waals surface area contributed by atoms with Crippen LogP contribution in [-0.4, -0.2) is 14.5 Å². The van der Waals surface area contributed by atoms with E-state index in [1.807, 2.05) is 19.3 Å². The highest BCUT2D eigenvalue weighted by Crippen LogP contribution is 2.29. The maximum atomic E-state index is 9.59. The molecule has 0 aliphatic rings. The molecule has 144 valence electrons. The summed E-state index contributed by atoms with van der Waals surface area (Å²) in [6, 6.07) is 15.0. The Labute approximate surface area is 170 Å². The monoisotopic (exact) mass is 381 g/mol. The van der Waals surface area contributed by atoms with E-state index in [0.29, 0.717) is 12.1 Å². The number of hydrogen-bond donors (Lipinski definition) is 1. The lowest BCUT2D eigenvalue weighted by Gasteiger charge is -2.14. The fourth-order valence-electron chi connectivity index (χ4n) is 3.73. The predicted octanol–water partition coefficient (Wildman–Crippen LogP) is 4.89. The molecule has 2 aromatic carbocycles. The zero-order chi connectivity index (χ0) is 20.4. The number of anilines is 1. The molecule has 0 spiro atoms. The van der Waals surface area contributed by atoms with Gasteiger partial charge in [0.15, 0.2) is 0 Å². The van der Waals surface area contributed by atoms with Crippen molar-refractivity contribution in [3.8, 4) is 6.07 Å². The average Bonchev–Trinajstić information content (AvgIpc) is 3.10. The van der Waals surface area contributed by atoms with Crippen LogP contribution in [0.1, 0.15) is 33.6 Å². The van der Waals surface area contributed by atoms with Gasteiger partial charge in [-0.2, -0.15) is 5.26 Å². The van der Waals surface area contributed by atoms with E-state index >= 15 is 0 Å². The zero-order valence-electron chi connectivity index (χ0n) is 16.9. The zero-order valence-corrected chi connectivity index (χ0v) is 16.9. The molecule has 0 aliphatic heterocycles. The van der Waals surface area contributed by atoms with Crippen molar-refractivity contribution in [1.82, 2.24) is 14.5 Å². The summed E-state index contributed by atoms with van der Waals surface area (Å²) >= 11 is 0. The van der Waals surface area contributed by atoms with E-state index in [9.17, 15) is 5.26 Å². The van der Waals surface area contributed by atoms with Gasteiger partial charge in [0.2, 0.25) is 0 Å². The van der Waals surface area contributed by atoms with Crippen molar-refractivity contribution in [1.29, 1.82) is 5.26 Å². The number of aryl methyl sites for hydroxylation is 3. The second-order valence-electron chi connectivity index (χ2n) is 7.41. The minimum absolute atomic E-state index is 0.563. The lowest BCUT2D eigenvalue weighted by atomic mass is 10.0. The molecule has 2 aromatic heterocycles. The number of nitrogens with zero attached hydrogens (tertiary/aromatic N) is 4. The van der Waals surface area contributed by atoms with Crippen molar-refractivity contribution in [2.45, 2.75) is 33.9 Å². The fraction of sp³-hybridized carbons (Fsp3) is 0.208. The molecule has 4 aromatic rings. The lowest BCUT2D eigenvalue weighted by molar-refractivity contribution is 0.760. The molecular weight excluding hydrogens is 358 g/mol. The van der Waals surface area contributed by atoms with Gasteiger partial charge in [0, 0.05) is 37.1 Å². The number of nitriles is 1. The average molecular weight is 381 g/mol. The molecule has 0 aliphatic carbocycles. The van der Waals surface area contributed by atoms with E-state index < -0.39 is 0 Å². The number of pyridine rings is 1. The van der Waals surface area contributed by atoms with Crippen LogP contribution in [0, 0.1) is 32.1 Å². The normalized spacial score (nSPS) is 10.8. The molecule has 0 amide bonds. The van der Waals surface area contributed by atoms with Gasteiger partial charge in [0.1, 0.15) is 11.9 Å². The number of rotatable bonds is 5. The Hall–Kier alpha value is -3.65. The maximum absolute atomic E-state index is 9.59. The molecule has 5 nitrogen and oxygen atoms in total. The van der Waals surface area contributed by atoms with Crippen LogP contribution in [0.25, 0.3) is 10.9 Å². The van der Waals surface area contributed by atoms with Crippen LogP contribution < -0.4 is 5.32 Å². The topological polar surface area (TPSA) is 66.5 Å². The van der Waals surface area contributed by atoms with Crippen molar-refractivity contribution < 1.29 is 0 Å². The third-order valence-corrected chi connectivity index (χ3v) is 5.16. The first kappa shape index (κ1) is 18.7. The van der Waals surface area contributed by atoms with Gasteiger partial charge in [-0.25, -0.2) is 4.98 Å². The molecular formula is C24H23N5. The SMILES string of the molecule is Cc1cc(C)c2ncc(C#N)c(NCc3cccc(Cn4ccnc4C)c3)c2c1. The Kier molecular flexibility index (Phi) is 5.01. The van der Waals surface area contributed by atoms with Crippen molar-refractivity contribution in [3.63, 3.8) is 0 Å². The summed E-state index contributed by atoms with van der Waals surface area (Å²) < 4.78 is 2.13. The van der Waals surface area contributed by atoms with E-state index in [4.69, 9.17) is 0 Å². The first-order chi connectivity index (χ1) is 14.0. The number of hydrogen-bond acceptors (Lipinski definition) is 4. The van der Waals surface area contributed by atoms with E-state index in [1.165, 1.54) is 11.1 Å². The Bertz CT molecular complexity index is 1230. The standard InChI is InChI=1S/C24H23N5/c1-16-9-17(2)23-22(10-16)24(21(12-25)14-28-23)27-13-19-5-4-6-20(11-19)15-29-8-7-26-18(29)3/h4-11,14H,13,15H2,1-3H3,(H,27,28). The smallest absolute Gasteiger partial charge is 0.105 e. The molecule has 0 fully saturated rings. The highest BCUT2D eigenvalue weighted by molar-refractivity contribution is 5.96. The molecule has 0 unspecified atom stereocenters. The predicted molar refractivity (Wildman–Crippen MR) is 116 cm³/mol. The summed E-state index contributed by atoms with van der Waals surface area (Å²) in [7, 11) is 0. The molecule has 0 radical (unpaired) electrons. The van der Waals surface area contributed by atoms with Gasteiger partial charge in [-0.05, 0) is 43.5 Å². The molecule has 5 heteroatoms. The van der Waals surface area contributed by atoms with Gasteiger partial charge in [-0.15, -0.1) is 0 Å². The lowest BCUT2D eigenvalue weighted by Crippen LogP contribution is -2.05. The summed E-state index contributed by atoms with van der Waals surface area (Å²) in [5, 5.41) is 14.1.